The normalized spacial score (nSPS) is 14.0. The molecule has 1 fully saturated rings. The van der Waals surface area contributed by atoms with Crippen molar-refractivity contribution in [3.05, 3.63) is 58.9 Å². The van der Waals surface area contributed by atoms with E-state index in [0.717, 1.165) is 16.8 Å². The van der Waals surface area contributed by atoms with E-state index in [1.165, 1.54) is 24.1 Å². The summed E-state index contributed by atoms with van der Waals surface area (Å²) in [6, 6.07) is 11.7. The maximum absolute atomic E-state index is 14.1. The molecule has 0 amide bonds. The predicted molar refractivity (Wildman–Crippen MR) is 91.2 cm³/mol. The van der Waals surface area contributed by atoms with Crippen LogP contribution in [0, 0.1) is 12.7 Å². The number of rotatable bonds is 5. The third-order valence-electron chi connectivity index (χ3n) is 4.48. The van der Waals surface area contributed by atoms with E-state index in [4.69, 9.17) is 0 Å². The highest BCUT2D eigenvalue weighted by Gasteiger charge is 2.28. The Labute approximate surface area is 132 Å². The fraction of sp³-hybridized carbons (Fsp3) is 0.368. The number of nitrogens with one attached hydrogen (secondary N) is 1. The highest BCUT2D eigenvalue weighted by atomic mass is 19.1. The van der Waals surface area contributed by atoms with Crippen molar-refractivity contribution >= 4 is 11.4 Å². The first-order valence-electron chi connectivity index (χ1n) is 7.87. The zero-order valence-electron chi connectivity index (χ0n) is 13.5. The molecule has 0 aromatic heterocycles. The minimum atomic E-state index is -0.123. The molecule has 1 aliphatic rings. The molecular formula is C19H23FN2. The maximum atomic E-state index is 14.1. The Kier molecular flexibility index (Phi) is 4.06. The molecule has 1 aliphatic carbocycles. The molecule has 0 unspecified atom stereocenters. The second-order valence-electron chi connectivity index (χ2n) is 6.16. The van der Waals surface area contributed by atoms with Gasteiger partial charge >= 0.3 is 0 Å². The molecule has 0 radical (unpaired) electrons. The molecular weight excluding hydrogens is 275 g/mol. The summed E-state index contributed by atoms with van der Waals surface area (Å²) in [7, 11) is 3.99. The van der Waals surface area contributed by atoms with Crippen LogP contribution in [0.15, 0.2) is 36.4 Å². The van der Waals surface area contributed by atoms with Gasteiger partial charge in [0.2, 0.25) is 0 Å². The summed E-state index contributed by atoms with van der Waals surface area (Å²) in [5, 5.41) is 3.28. The predicted octanol–water partition coefficient (Wildman–Crippen LogP) is 4.69. The van der Waals surface area contributed by atoms with E-state index in [2.05, 4.69) is 28.4 Å². The van der Waals surface area contributed by atoms with Gasteiger partial charge in [-0.1, -0.05) is 24.3 Å². The first-order chi connectivity index (χ1) is 10.6. The molecule has 116 valence electrons. The van der Waals surface area contributed by atoms with Crippen molar-refractivity contribution in [1.82, 2.24) is 0 Å². The van der Waals surface area contributed by atoms with Crippen molar-refractivity contribution in [3.8, 4) is 0 Å². The maximum Gasteiger partial charge on any atom is 0.128 e. The standard InChI is InChI=1S/C19H23FN2/c1-13-6-4-8-17(20)16(13)12-22(3)19-15(14-10-11-14)7-5-9-18(19)21-2/h4-9,14,21H,10-12H2,1-3H3. The van der Waals surface area contributed by atoms with Crippen molar-refractivity contribution in [2.24, 2.45) is 0 Å². The number of hydrogen-bond donors (Lipinski definition) is 1. The lowest BCUT2D eigenvalue weighted by atomic mass is 10.0. The van der Waals surface area contributed by atoms with Crippen LogP contribution < -0.4 is 10.2 Å². The molecule has 3 rings (SSSR count). The number of benzene rings is 2. The minimum Gasteiger partial charge on any atom is -0.386 e. The van der Waals surface area contributed by atoms with Crippen molar-refractivity contribution in [2.75, 3.05) is 24.3 Å². The molecule has 0 heterocycles. The van der Waals surface area contributed by atoms with Crippen LogP contribution in [0.4, 0.5) is 15.8 Å². The minimum absolute atomic E-state index is 0.123. The SMILES string of the molecule is CNc1cccc(C2CC2)c1N(C)Cc1c(C)cccc1F. The molecule has 1 saturated carbocycles. The molecule has 2 nitrogen and oxygen atoms in total. The van der Waals surface area contributed by atoms with Crippen molar-refractivity contribution in [2.45, 2.75) is 32.2 Å². The Bertz CT molecular complexity index is 657. The van der Waals surface area contributed by atoms with Gasteiger partial charge in [0, 0.05) is 26.2 Å². The van der Waals surface area contributed by atoms with Gasteiger partial charge in [-0.05, 0) is 48.9 Å². The zero-order valence-corrected chi connectivity index (χ0v) is 13.5. The highest BCUT2D eigenvalue weighted by Crippen LogP contribution is 2.46. The van der Waals surface area contributed by atoms with Gasteiger partial charge in [-0.2, -0.15) is 0 Å². The van der Waals surface area contributed by atoms with Gasteiger partial charge in [0.05, 0.1) is 11.4 Å². The molecule has 0 saturated heterocycles. The number of para-hydroxylation sites is 1. The Hall–Kier alpha value is -2.03. The summed E-state index contributed by atoms with van der Waals surface area (Å²) in [4.78, 5) is 2.17. The summed E-state index contributed by atoms with van der Waals surface area (Å²) in [6.07, 6.45) is 2.51. The van der Waals surface area contributed by atoms with Crippen molar-refractivity contribution < 1.29 is 4.39 Å². The Morgan fingerprint density at radius 3 is 2.55 bits per heavy atom. The third kappa shape index (κ3) is 2.80. The van der Waals surface area contributed by atoms with Crippen LogP contribution in [0.25, 0.3) is 0 Å². The molecule has 0 aliphatic heterocycles. The number of halogens is 1. The number of nitrogens with zero attached hydrogens (tertiary/aromatic N) is 1. The van der Waals surface area contributed by atoms with Crippen molar-refractivity contribution in [1.29, 1.82) is 0 Å². The Morgan fingerprint density at radius 2 is 1.91 bits per heavy atom. The van der Waals surface area contributed by atoms with Gasteiger partial charge < -0.3 is 10.2 Å². The summed E-state index contributed by atoms with van der Waals surface area (Å²) < 4.78 is 14.1. The van der Waals surface area contributed by atoms with Crippen LogP contribution in [0.3, 0.4) is 0 Å². The summed E-state index contributed by atoms with van der Waals surface area (Å²) in [5.41, 5.74) is 5.47. The third-order valence-corrected chi connectivity index (χ3v) is 4.48. The monoisotopic (exact) mass is 298 g/mol. The van der Waals surface area contributed by atoms with Crippen LogP contribution in [0.1, 0.15) is 35.4 Å². The average Bonchev–Trinajstić information content (AvgIpc) is 3.34. The fourth-order valence-electron chi connectivity index (χ4n) is 3.10. The second kappa shape index (κ2) is 5.99. The molecule has 2 aromatic rings. The van der Waals surface area contributed by atoms with Crippen LogP contribution in [-0.4, -0.2) is 14.1 Å². The smallest absolute Gasteiger partial charge is 0.128 e. The highest BCUT2D eigenvalue weighted by molar-refractivity contribution is 5.74. The molecule has 22 heavy (non-hydrogen) atoms. The molecule has 2 aromatic carbocycles. The van der Waals surface area contributed by atoms with Gasteiger partial charge in [0.1, 0.15) is 5.82 Å². The lowest BCUT2D eigenvalue weighted by Crippen LogP contribution is -2.20. The first kappa shape index (κ1) is 14.9. The lowest BCUT2D eigenvalue weighted by Gasteiger charge is -2.26. The molecule has 1 N–H and O–H groups in total. The van der Waals surface area contributed by atoms with Crippen molar-refractivity contribution in [3.63, 3.8) is 0 Å². The Morgan fingerprint density at radius 1 is 1.18 bits per heavy atom. The van der Waals surface area contributed by atoms with Gasteiger partial charge in [-0.15, -0.1) is 0 Å². The van der Waals surface area contributed by atoms with E-state index < -0.39 is 0 Å². The van der Waals surface area contributed by atoms with E-state index in [9.17, 15) is 4.39 Å². The fourth-order valence-corrected chi connectivity index (χ4v) is 3.10. The van der Waals surface area contributed by atoms with Crippen LogP contribution in [0.5, 0.6) is 0 Å². The summed E-state index contributed by atoms with van der Waals surface area (Å²) >= 11 is 0. The van der Waals surface area contributed by atoms with Gasteiger partial charge in [-0.3, -0.25) is 0 Å². The largest absolute Gasteiger partial charge is 0.386 e. The lowest BCUT2D eigenvalue weighted by molar-refractivity contribution is 0.605. The van der Waals surface area contributed by atoms with E-state index in [1.54, 1.807) is 12.1 Å². The van der Waals surface area contributed by atoms with Gasteiger partial charge in [-0.25, -0.2) is 4.39 Å². The van der Waals surface area contributed by atoms with E-state index in [-0.39, 0.29) is 5.82 Å². The van der Waals surface area contributed by atoms with Crippen LogP contribution in [-0.2, 0) is 6.54 Å². The van der Waals surface area contributed by atoms with Crippen LogP contribution in [0.2, 0.25) is 0 Å². The van der Waals surface area contributed by atoms with Gasteiger partial charge in [0.15, 0.2) is 0 Å². The van der Waals surface area contributed by atoms with E-state index in [1.807, 2.05) is 27.1 Å². The summed E-state index contributed by atoms with van der Waals surface area (Å²) in [5.74, 6) is 0.536. The second-order valence-corrected chi connectivity index (χ2v) is 6.16. The Balaban J connectivity index is 1.96. The number of anilines is 2. The van der Waals surface area contributed by atoms with E-state index in [0.29, 0.717) is 12.5 Å². The molecule has 3 heteroatoms. The zero-order chi connectivity index (χ0) is 15.7. The molecule has 0 atom stereocenters. The van der Waals surface area contributed by atoms with E-state index >= 15 is 0 Å². The summed E-state index contributed by atoms with van der Waals surface area (Å²) in [6.45, 7) is 2.55. The topological polar surface area (TPSA) is 15.3 Å². The van der Waals surface area contributed by atoms with Gasteiger partial charge in [0.25, 0.3) is 0 Å². The number of hydrogen-bond acceptors (Lipinski definition) is 2. The average molecular weight is 298 g/mol. The first-order valence-corrected chi connectivity index (χ1v) is 7.87. The molecule has 0 bridgehead atoms. The van der Waals surface area contributed by atoms with Crippen LogP contribution >= 0.6 is 0 Å². The molecule has 0 spiro atoms. The number of aryl methyl sites for hydroxylation is 1. The quantitative estimate of drug-likeness (QED) is 0.861.